The zero-order chi connectivity index (χ0) is 20.8. The first-order valence-corrected chi connectivity index (χ1v) is 10.1. The number of benzene rings is 3. The van der Waals surface area contributed by atoms with Crippen LogP contribution in [0.5, 0.6) is 0 Å². The molecule has 2 fully saturated rings. The standard InChI is InChI=1S/C25H22N2O3/c1-16-13-14-20(17(2)15-16)22-21-23(30-27(22)19-11-7-4-8-12-19)25(29)26(24(21)28)18-9-5-3-6-10-18/h3-15,21-23H,1-2H3/t21-,22-,23-/m0/s1. The molecule has 0 aromatic heterocycles. The molecule has 0 aliphatic carbocycles. The largest absolute Gasteiger partial charge is 0.273 e. The summed E-state index contributed by atoms with van der Waals surface area (Å²) in [6.07, 6.45) is -0.844. The van der Waals surface area contributed by atoms with E-state index in [1.54, 1.807) is 17.2 Å². The maximum atomic E-state index is 13.5. The Morgan fingerprint density at radius 3 is 2.03 bits per heavy atom. The van der Waals surface area contributed by atoms with E-state index in [4.69, 9.17) is 4.84 Å². The van der Waals surface area contributed by atoms with Crippen LogP contribution in [0, 0.1) is 19.8 Å². The average Bonchev–Trinajstić information content (AvgIpc) is 3.26. The number of fused-ring (bicyclic) bond motifs is 1. The highest BCUT2D eigenvalue weighted by Gasteiger charge is 2.60. The second-order valence-corrected chi connectivity index (χ2v) is 7.87. The Morgan fingerprint density at radius 1 is 0.767 bits per heavy atom. The van der Waals surface area contributed by atoms with Crippen molar-refractivity contribution in [3.05, 3.63) is 95.6 Å². The van der Waals surface area contributed by atoms with Gasteiger partial charge in [0.05, 0.1) is 17.4 Å². The molecule has 0 N–H and O–H groups in total. The molecule has 3 aromatic carbocycles. The van der Waals surface area contributed by atoms with Crippen molar-refractivity contribution in [2.75, 3.05) is 9.96 Å². The highest BCUT2D eigenvalue weighted by molar-refractivity contribution is 6.23. The van der Waals surface area contributed by atoms with Crippen LogP contribution in [0.4, 0.5) is 11.4 Å². The first-order chi connectivity index (χ1) is 14.6. The maximum Gasteiger partial charge on any atom is 0.266 e. The Labute approximate surface area is 175 Å². The van der Waals surface area contributed by atoms with Gasteiger partial charge in [-0.15, -0.1) is 0 Å². The van der Waals surface area contributed by atoms with Crippen molar-refractivity contribution in [1.29, 1.82) is 0 Å². The van der Waals surface area contributed by atoms with Gasteiger partial charge in [0.15, 0.2) is 6.10 Å². The molecule has 5 nitrogen and oxygen atoms in total. The number of imide groups is 1. The molecule has 0 unspecified atom stereocenters. The summed E-state index contributed by atoms with van der Waals surface area (Å²) >= 11 is 0. The summed E-state index contributed by atoms with van der Waals surface area (Å²) in [6.45, 7) is 4.08. The molecule has 3 atom stereocenters. The number of rotatable bonds is 3. The van der Waals surface area contributed by atoms with Crippen LogP contribution in [-0.2, 0) is 14.4 Å². The van der Waals surface area contributed by atoms with Gasteiger partial charge in [-0.1, -0.05) is 60.2 Å². The van der Waals surface area contributed by atoms with Gasteiger partial charge >= 0.3 is 0 Å². The molecule has 3 aromatic rings. The summed E-state index contributed by atoms with van der Waals surface area (Å²) in [6, 6.07) is 24.5. The SMILES string of the molecule is Cc1ccc([C@H]2[C@@H]3C(=O)N(c4ccccc4)C(=O)[C@H]3ON2c2ccccc2)c(C)c1. The molecule has 2 amide bonds. The number of hydrogen-bond donors (Lipinski definition) is 0. The third-order valence-corrected chi connectivity index (χ3v) is 5.88. The Hall–Kier alpha value is -3.44. The fourth-order valence-electron chi connectivity index (χ4n) is 4.52. The summed E-state index contributed by atoms with van der Waals surface area (Å²) in [5.74, 6) is -1.15. The smallest absolute Gasteiger partial charge is 0.266 e. The molecule has 2 saturated heterocycles. The molecule has 2 aliphatic heterocycles. The van der Waals surface area contributed by atoms with Crippen LogP contribution >= 0.6 is 0 Å². The molecule has 0 bridgehead atoms. The van der Waals surface area contributed by atoms with Gasteiger partial charge in [0.25, 0.3) is 5.91 Å². The van der Waals surface area contributed by atoms with Gasteiger partial charge in [0, 0.05) is 0 Å². The zero-order valence-electron chi connectivity index (χ0n) is 16.9. The molecule has 0 spiro atoms. The van der Waals surface area contributed by atoms with Crippen LogP contribution in [0.1, 0.15) is 22.7 Å². The van der Waals surface area contributed by atoms with E-state index in [0.717, 1.165) is 22.4 Å². The van der Waals surface area contributed by atoms with Gasteiger partial charge in [0.1, 0.15) is 5.92 Å². The maximum absolute atomic E-state index is 13.5. The Balaban J connectivity index is 1.62. The normalized spacial score (nSPS) is 23.2. The molecule has 150 valence electrons. The monoisotopic (exact) mass is 398 g/mol. The van der Waals surface area contributed by atoms with Crippen LogP contribution in [0.25, 0.3) is 0 Å². The molecule has 0 saturated carbocycles. The minimum absolute atomic E-state index is 0.223. The molecule has 5 heteroatoms. The number of hydrogen-bond acceptors (Lipinski definition) is 4. The third-order valence-electron chi connectivity index (χ3n) is 5.88. The number of anilines is 2. The number of amides is 2. The fraction of sp³-hybridized carbons (Fsp3) is 0.200. The van der Waals surface area contributed by atoms with E-state index in [1.807, 2.05) is 74.5 Å². The van der Waals surface area contributed by atoms with Crippen molar-refractivity contribution in [2.45, 2.75) is 26.0 Å². The molecule has 2 heterocycles. The van der Waals surface area contributed by atoms with Gasteiger partial charge in [-0.25, -0.2) is 9.96 Å². The Morgan fingerprint density at radius 2 is 1.40 bits per heavy atom. The minimum Gasteiger partial charge on any atom is -0.273 e. The van der Waals surface area contributed by atoms with E-state index in [1.165, 1.54) is 4.90 Å². The van der Waals surface area contributed by atoms with Crippen molar-refractivity contribution in [1.82, 2.24) is 0 Å². The quantitative estimate of drug-likeness (QED) is 0.616. The van der Waals surface area contributed by atoms with E-state index in [0.29, 0.717) is 5.69 Å². The van der Waals surface area contributed by atoms with Gasteiger partial charge in [-0.2, -0.15) is 0 Å². The van der Waals surface area contributed by atoms with Gasteiger partial charge < -0.3 is 0 Å². The summed E-state index contributed by atoms with van der Waals surface area (Å²) in [5.41, 5.74) is 4.62. The highest BCUT2D eigenvalue weighted by atomic mass is 16.7. The van der Waals surface area contributed by atoms with Gasteiger partial charge in [-0.05, 0) is 49.2 Å². The number of hydroxylamine groups is 1. The van der Waals surface area contributed by atoms with Crippen molar-refractivity contribution in [3.63, 3.8) is 0 Å². The Kier molecular flexibility index (Phi) is 4.40. The van der Waals surface area contributed by atoms with Gasteiger partial charge in [-0.3, -0.25) is 14.4 Å². The van der Waals surface area contributed by atoms with Crippen molar-refractivity contribution in [2.24, 2.45) is 5.92 Å². The summed E-state index contributed by atoms with van der Waals surface area (Å²) < 4.78 is 0. The molecular weight excluding hydrogens is 376 g/mol. The lowest BCUT2D eigenvalue weighted by molar-refractivity contribution is -0.126. The number of carbonyl (C=O) groups excluding carboxylic acids is 2. The van der Waals surface area contributed by atoms with E-state index < -0.39 is 12.0 Å². The zero-order valence-corrected chi connectivity index (χ0v) is 16.9. The molecule has 2 aliphatic rings. The second-order valence-electron chi connectivity index (χ2n) is 7.87. The number of aryl methyl sites for hydroxylation is 2. The van der Waals surface area contributed by atoms with Crippen LogP contribution in [0.15, 0.2) is 78.9 Å². The predicted molar refractivity (Wildman–Crippen MR) is 115 cm³/mol. The van der Waals surface area contributed by atoms with Crippen molar-refractivity contribution >= 4 is 23.2 Å². The van der Waals surface area contributed by atoms with Crippen molar-refractivity contribution < 1.29 is 14.4 Å². The van der Waals surface area contributed by atoms with E-state index in [9.17, 15) is 9.59 Å². The molecule has 30 heavy (non-hydrogen) atoms. The van der Waals surface area contributed by atoms with E-state index in [2.05, 4.69) is 6.07 Å². The highest BCUT2D eigenvalue weighted by Crippen LogP contribution is 2.48. The van der Waals surface area contributed by atoms with Crippen LogP contribution in [0.3, 0.4) is 0 Å². The van der Waals surface area contributed by atoms with Crippen LogP contribution in [0.2, 0.25) is 0 Å². The number of para-hydroxylation sites is 2. The Bertz CT molecular complexity index is 1110. The lowest BCUT2D eigenvalue weighted by Crippen LogP contribution is -2.37. The van der Waals surface area contributed by atoms with E-state index >= 15 is 0 Å². The average molecular weight is 398 g/mol. The van der Waals surface area contributed by atoms with Crippen LogP contribution < -0.4 is 9.96 Å². The number of carbonyl (C=O) groups is 2. The lowest BCUT2D eigenvalue weighted by Gasteiger charge is -2.29. The molecular formula is C25H22N2O3. The minimum atomic E-state index is -0.844. The first-order valence-electron chi connectivity index (χ1n) is 10.1. The lowest BCUT2D eigenvalue weighted by atomic mass is 9.87. The first kappa shape index (κ1) is 18.6. The topological polar surface area (TPSA) is 49.9 Å². The fourth-order valence-corrected chi connectivity index (χ4v) is 4.52. The van der Waals surface area contributed by atoms with Crippen molar-refractivity contribution in [3.8, 4) is 0 Å². The van der Waals surface area contributed by atoms with Gasteiger partial charge in [0.2, 0.25) is 5.91 Å². The van der Waals surface area contributed by atoms with Crippen LogP contribution in [-0.4, -0.2) is 17.9 Å². The third kappa shape index (κ3) is 2.82. The molecule has 0 radical (unpaired) electrons. The number of nitrogens with zero attached hydrogens (tertiary/aromatic N) is 2. The predicted octanol–water partition coefficient (Wildman–Crippen LogP) is 4.35. The summed E-state index contributed by atoms with van der Waals surface area (Å²) in [4.78, 5) is 34.2. The summed E-state index contributed by atoms with van der Waals surface area (Å²) in [7, 11) is 0. The van der Waals surface area contributed by atoms with E-state index in [-0.39, 0.29) is 17.9 Å². The summed E-state index contributed by atoms with van der Waals surface area (Å²) in [5, 5.41) is 1.74. The second kappa shape index (κ2) is 7.11. The molecule has 5 rings (SSSR count).